The number of rotatable bonds is 6. The minimum Gasteiger partial charge on any atom is -0.492 e. The monoisotopic (exact) mass is 392 g/mol. The predicted octanol–water partition coefficient (Wildman–Crippen LogP) is 3.30. The van der Waals surface area contributed by atoms with Gasteiger partial charge in [-0.1, -0.05) is 16.8 Å². The molecule has 4 rings (SSSR count). The summed E-state index contributed by atoms with van der Waals surface area (Å²) in [6.45, 7) is 5.02. The van der Waals surface area contributed by atoms with Crippen LogP contribution in [0.15, 0.2) is 23.0 Å². The van der Waals surface area contributed by atoms with Crippen molar-refractivity contribution in [3.05, 3.63) is 35.2 Å². The third kappa shape index (κ3) is 4.97. The fourth-order valence-corrected chi connectivity index (χ4v) is 3.81. The number of aromatic nitrogens is 3. The molecule has 2 aliphatic heterocycles. The van der Waals surface area contributed by atoms with E-state index in [4.69, 9.17) is 25.6 Å². The minimum atomic E-state index is 0.350. The second-order valence-electron chi connectivity index (χ2n) is 7.27. The molecule has 8 heteroatoms. The van der Waals surface area contributed by atoms with Crippen LogP contribution in [0.25, 0.3) is 0 Å². The smallest absolute Gasteiger partial charge is 0.229 e. The highest BCUT2D eigenvalue weighted by Gasteiger charge is 2.24. The van der Waals surface area contributed by atoms with E-state index in [2.05, 4.69) is 20.0 Å². The molecule has 2 aliphatic rings. The summed E-state index contributed by atoms with van der Waals surface area (Å²) < 4.78 is 16.7. The number of piperidine rings is 1. The summed E-state index contributed by atoms with van der Waals surface area (Å²) in [5.74, 6) is 3.15. The predicted molar refractivity (Wildman–Crippen MR) is 99.8 cm³/mol. The van der Waals surface area contributed by atoms with Crippen molar-refractivity contribution in [1.29, 1.82) is 0 Å². The first-order valence-corrected chi connectivity index (χ1v) is 10.0. The number of likely N-dealkylation sites (tertiary alicyclic amines) is 1. The van der Waals surface area contributed by atoms with E-state index in [0.717, 1.165) is 70.2 Å². The molecule has 27 heavy (non-hydrogen) atoms. The van der Waals surface area contributed by atoms with Gasteiger partial charge in [0.05, 0.1) is 13.2 Å². The summed E-state index contributed by atoms with van der Waals surface area (Å²) in [6, 6.07) is 1.81. The first kappa shape index (κ1) is 18.7. The van der Waals surface area contributed by atoms with Gasteiger partial charge in [-0.05, 0) is 44.7 Å². The SMILES string of the molecule is Clc1cnccc1OCC1CCN(Cc2noc(C3CCOCC3)n2)CC1. The molecule has 2 aromatic heterocycles. The van der Waals surface area contributed by atoms with Crippen molar-refractivity contribution in [1.82, 2.24) is 20.0 Å². The molecule has 0 saturated carbocycles. The molecule has 146 valence electrons. The van der Waals surface area contributed by atoms with Gasteiger partial charge in [-0.3, -0.25) is 9.88 Å². The fourth-order valence-electron chi connectivity index (χ4n) is 3.64. The van der Waals surface area contributed by atoms with Crippen molar-refractivity contribution >= 4 is 11.6 Å². The van der Waals surface area contributed by atoms with Gasteiger partial charge in [0, 0.05) is 37.6 Å². The van der Waals surface area contributed by atoms with E-state index >= 15 is 0 Å². The first-order valence-electron chi connectivity index (χ1n) is 9.63. The number of hydrogen-bond donors (Lipinski definition) is 0. The summed E-state index contributed by atoms with van der Waals surface area (Å²) in [6.07, 6.45) is 7.42. The average molecular weight is 393 g/mol. The number of halogens is 1. The molecule has 0 radical (unpaired) electrons. The van der Waals surface area contributed by atoms with Crippen molar-refractivity contribution in [2.24, 2.45) is 5.92 Å². The zero-order valence-corrected chi connectivity index (χ0v) is 16.1. The van der Waals surface area contributed by atoms with Crippen LogP contribution in [0.4, 0.5) is 0 Å². The van der Waals surface area contributed by atoms with Crippen LogP contribution in [-0.4, -0.2) is 52.9 Å². The lowest BCUT2D eigenvalue weighted by atomic mass is 9.98. The Morgan fingerprint density at radius 2 is 2.00 bits per heavy atom. The van der Waals surface area contributed by atoms with E-state index in [0.29, 0.717) is 29.2 Å². The normalized spacial score (nSPS) is 20.0. The Morgan fingerprint density at radius 1 is 1.19 bits per heavy atom. The van der Waals surface area contributed by atoms with Crippen LogP contribution < -0.4 is 4.74 Å². The van der Waals surface area contributed by atoms with Gasteiger partial charge in [-0.15, -0.1) is 0 Å². The Kier molecular flexibility index (Phi) is 6.21. The summed E-state index contributed by atoms with van der Waals surface area (Å²) in [7, 11) is 0. The highest BCUT2D eigenvalue weighted by atomic mass is 35.5. The van der Waals surface area contributed by atoms with Crippen molar-refractivity contribution in [3.8, 4) is 5.75 Å². The maximum atomic E-state index is 6.09. The molecule has 0 N–H and O–H groups in total. The number of ether oxygens (including phenoxy) is 2. The molecule has 0 spiro atoms. The van der Waals surface area contributed by atoms with Gasteiger partial charge in [0.15, 0.2) is 5.82 Å². The Balaban J connectivity index is 1.21. The molecule has 0 aromatic carbocycles. The van der Waals surface area contributed by atoms with Gasteiger partial charge in [-0.25, -0.2) is 0 Å². The molecule has 7 nitrogen and oxygen atoms in total. The maximum absolute atomic E-state index is 6.09. The van der Waals surface area contributed by atoms with Crippen LogP contribution in [0.1, 0.15) is 43.3 Å². The summed E-state index contributed by atoms with van der Waals surface area (Å²) in [4.78, 5) is 11.0. The third-order valence-corrected chi connectivity index (χ3v) is 5.62. The number of nitrogens with zero attached hydrogens (tertiary/aromatic N) is 4. The van der Waals surface area contributed by atoms with Gasteiger partial charge < -0.3 is 14.0 Å². The number of pyridine rings is 1. The van der Waals surface area contributed by atoms with Crippen molar-refractivity contribution in [2.45, 2.75) is 38.1 Å². The minimum absolute atomic E-state index is 0.350. The van der Waals surface area contributed by atoms with Gasteiger partial charge in [0.2, 0.25) is 5.89 Å². The third-order valence-electron chi connectivity index (χ3n) is 5.34. The Hall–Kier alpha value is -1.70. The van der Waals surface area contributed by atoms with Gasteiger partial charge in [0.25, 0.3) is 0 Å². The molecule has 0 aliphatic carbocycles. The zero-order valence-electron chi connectivity index (χ0n) is 15.3. The lowest BCUT2D eigenvalue weighted by Gasteiger charge is -2.30. The summed E-state index contributed by atoms with van der Waals surface area (Å²) in [5.41, 5.74) is 0. The van der Waals surface area contributed by atoms with Crippen molar-refractivity contribution in [2.75, 3.05) is 32.9 Å². The highest BCUT2D eigenvalue weighted by molar-refractivity contribution is 6.31. The fraction of sp³-hybridized carbons (Fsp3) is 0.632. The molecular weight excluding hydrogens is 368 g/mol. The van der Waals surface area contributed by atoms with Crippen LogP contribution in [-0.2, 0) is 11.3 Å². The second kappa shape index (κ2) is 8.99. The van der Waals surface area contributed by atoms with Crippen LogP contribution >= 0.6 is 11.6 Å². The Labute approximate surface area is 164 Å². The van der Waals surface area contributed by atoms with Crippen LogP contribution in [0.3, 0.4) is 0 Å². The van der Waals surface area contributed by atoms with Crippen LogP contribution in [0.2, 0.25) is 5.02 Å². The van der Waals surface area contributed by atoms with Crippen molar-refractivity contribution in [3.63, 3.8) is 0 Å². The van der Waals surface area contributed by atoms with Gasteiger partial charge >= 0.3 is 0 Å². The van der Waals surface area contributed by atoms with Gasteiger partial charge in [-0.2, -0.15) is 4.98 Å². The average Bonchev–Trinajstić information content (AvgIpc) is 3.18. The molecule has 2 fully saturated rings. The molecule has 0 amide bonds. The van der Waals surface area contributed by atoms with E-state index in [1.807, 2.05) is 6.07 Å². The van der Waals surface area contributed by atoms with E-state index in [9.17, 15) is 0 Å². The highest BCUT2D eigenvalue weighted by Crippen LogP contribution is 2.27. The van der Waals surface area contributed by atoms with E-state index in [-0.39, 0.29) is 0 Å². The lowest BCUT2D eigenvalue weighted by Crippen LogP contribution is -2.35. The lowest BCUT2D eigenvalue weighted by molar-refractivity contribution is 0.0778. The quantitative estimate of drug-likeness (QED) is 0.746. The first-order chi connectivity index (χ1) is 13.3. The van der Waals surface area contributed by atoms with E-state index < -0.39 is 0 Å². The Bertz CT molecular complexity index is 727. The Morgan fingerprint density at radius 3 is 2.78 bits per heavy atom. The maximum Gasteiger partial charge on any atom is 0.229 e. The molecule has 0 bridgehead atoms. The van der Waals surface area contributed by atoms with Crippen LogP contribution in [0.5, 0.6) is 5.75 Å². The van der Waals surface area contributed by atoms with Crippen LogP contribution in [0, 0.1) is 5.92 Å². The van der Waals surface area contributed by atoms with E-state index in [1.54, 1.807) is 12.4 Å². The summed E-state index contributed by atoms with van der Waals surface area (Å²) >= 11 is 6.09. The van der Waals surface area contributed by atoms with Gasteiger partial charge in [0.1, 0.15) is 10.8 Å². The summed E-state index contributed by atoms with van der Waals surface area (Å²) in [5, 5.41) is 4.74. The van der Waals surface area contributed by atoms with E-state index in [1.165, 1.54) is 0 Å². The largest absolute Gasteiger partial charge is 0.492 e. The molecule has 0 atom stereocenters. The van der Waals surface area contributed by atoms with Crippen molar-refractivity contribution < 1.29 is 14.0 Å². The molecule has 2 aromatic rings. The molecule has 2 saturated heterocycles. The number of hydrogen-bond acceptors (Lipinski definition) is 7. The second-order valence-corrected chi connectivity index (χ2v) is 7.68. The zero-order chi connectivity index (χ0) is 18.5. The molecule has 4 heterocycles. The topological polar surface area (TPSA) is 73.5 Å². The standard InChI is InChI=1S/C19H25ClN4O3/c20-16-11-21-6-1-17(16)26-13-14-2-7-24(8-3-14)12-18-22-19(27-23-18)15-4-9-25-10-5-15/h1,6,11,14-15H,2-5,7-10,12-13H2. The molecular formula is C19H25ClN4O3. The molecule has 0 unspecified atom stereocenters.